The second-order valence-electron chi connectivity index (χ2n) is 7.05. The van der Waals surface area contributed by atoms with Crippen molar-refractivity contribution in [1.82, 2.24) is 4.98 Å². The van der Waals surface area contributed by atoms with Crippen molar-refractivity contribution in [3.8, 4) is 23.0 Å². The van der Waals surface area contributed by atoms with E-state index in [1.54, 1.807) is 77.0 Å². The van der Waals surface area contributed by atoms with E-state index in [1.807, 2.05) is 18.2 Å². The highest BCUT2D eigenvalue weighted by Gasteiger charge is 2.22. The summed E-state index contributed by atoms with van der Waals surface area (Å²) in [7, 11) is 6.21. The molecule has 0 aliphatic carbocycles. The van der Waals surface area contributed by atoms with E-state index in [0.29, 0.717) is 45.2 Å². The standard InChI is InChI=1S/C26H23NO6/c1-29-18-11-9-16(10-12-18)25(28)19(26-27-20-7-5-6-8-21(20)33-26)13-17-14-23(31-3)24(32-4)15-22(17)30-2/h5-15H,1-4H3/b19-13+. The van der Waals surface area contributed by atoms with Crippen LogP contribution in [0.15, 0.2) is 65.1 Å². The molecule has 0 N–H and O–H groups in total. The zero-order chi connectivity index (χ0) is 23.4. The number of aromatic nitrogens is 1. The average Bonchev–Trinajstić information content (AvgIpc) is 3.30. The van der Waals surface area contributed by atoms with Gasteiger partial charge in [-0.1, -0.05) is 12.1 Å². The summed E-state index contributed by atoms with van der Waals surface area (Å²) in [6.07, 6.45) is 1.68. The van der Waals surface area contributed by atoms with Crippen LogP contribution < -0.4 is 18.9 Å². The molecule has 0 fully saturated rings. The lowest BCUT2D eigenvalue weighted by Crippen LogP contribution is -2.04. The second-order valence-corrected chi connectivity index (χ2v) is 7.05. The Kier molecular flexibility index (Phi) is 6.31. The first-order valence-corrected chi connectivity index (χ1v) is 10.1. The summed E-state index contributed by atoms with van der Waals surface area (Å²) in [5, 5.41) is 0. The van der Waals surface area contributed by atoms with E-state index in [-0.39, 0.29) is 17.2 Å². The Morgan fingerprint density at radius 2 is 1.48 bits per heavy atom. The third-order valence-corrected chi connectivity index (χ3v) is 5.16. The van der Waals surface area contributed by atoms with Crippen molar-refractivity contribution in [2.24, 2.45) is 0 Å². The van der Waals surface area contributed by atoms with Gasteiger partial charge in [-0.2, -0.15) is 0 Å². The zero-order valence-corrected chi connectivity index (χ0v) is 18.7. The molecule has 3 aromatic carbocycles. The quantitative estimate of drug-likeness (QED) is 0.269. The number of para-hydroxylation sites is 2. The highest BCUT2D eigenvalue weighted by Crippen LogP contribution is 2.37. The van der Waals surface area contributed by atoms with Gasteiger partial charge in [-0.3, -0.25) is 4.79 Å². The molecule has 0 radical (unpaired) electrons. The Morgan fingerprint density at radius 3 is 2.12 bits per heavy atom. The molecule has 4 rings (SSSR count). The van der Waals surface area contributed by atoms with Crippen LogP contribution >= 0.6 is 0 Å². The lowest BCUT2D eigenvalue weighted by atomic mass is 10.00. The molecule has 0 atom stereocenters. The Labute approximate surface area is 191 Å². The third-order valence-electron chi connectivity index (χ3n) is 5.16. The van der Waals surface area contributed by atoms with Gasteiger partial charge in [-0.25, -0.2) is 4.98 Å². The molecule has 0 aliphatic rings. The fourth-order valence-electron chi connectivity index (χ4n) is 3.43. The molecule has 1 heterocycles. The summed E-state index contributed by atoms with van der Waals surface area (Å²) in [5.74, 6) is 2.11. The third kappa shape index (κ3) is 4.39. The smallest absolute Gasteiger partial charge is 0.231 e. The van der Waals surface area contributed by atoms with Gasteiger partial charge >= 0.3 is 0 Å². The van der Waals surface area contributed by atoms with Crippen LogP contribution in [-0.4, -0.2) is 39.2 Å². The maximum atomic E-state index is 13.6. The van der Waals surface area contributed by atoms with Crippen molar-refractivity contribution in [1.29, 1.82) is 0 Å². The van der Waals surface area contributed by atoms with Crippen molar-refractivity contribution in [2.75, 3.05) is 28.4 Å². The summed E-state index contributed by atoms with van der Waals surface area (Å²) in [4.78, 5) is 18.1. The minimum Gasteiger partial charge on any atom is -0.497 e. The molecule has 0 aliphatic heterocycles. The monoisotopic (exact) mass is 445 g/mol. The van der Waals surface area contributed by atoms with Crippen molar-refractivity contribution >= 4 is 28.5 Å². The van der Waals surface area contributed by atoms with Crippen LogP contribution in [0.5, 0.6) is 23.0 Å². The molecular formula is C26H23NO6. The topological polar surface area (TPSA) is 80.0 Å². The molecule has 7 heteroatoms. The van der Waals surface area contributed by atoms with E-state index < -0.39 is 0 Å². The Hall–Kier alpha value is -4.26. The summed E-state index contributed by atoms with van der Waals surface area (Å²) in [6, 6.07) is 17.6. The number of carbonyl (C=O) groups is 1. The highest BCUT2D eigenvalue weighted by atomic mass is 16.5. The molecule has 0 saturated heterocycles. The van der Waals surface area contributed by atoms with Crippen LogP contribution in [0.2, 0.25) is 0 Å². The number of hydrogen-bond donors (Lipinski definition) is 0. The first-order valence-electron chi connectivity index (χ1n) is 10.1. The number of carbonyl (C=O) groups excluding carboxylic acids is 1. The van der Waals surface area contributed by atoms with Gasteiger partial charge in [0.2, 0.25) is 5.89 Å². The lowest BCUT2D eigenvalue weighted by molar-refractivity contribution is 0.105. The summed E-state index contributed by atoms with van der Waals surface area (Å²) < 4.78 is 27.5. The molecule has 33 heavy (non-hydrogen) atoms. The SMILES string of the molecule is COc1ccc(C(=O)/C(=C\c2cc(OC)c(OC)cc2OC)c2nc3ccccc3o2)cc1. The van der Waals surface area contributed by atoms with E-state index in [2.05, 4.69) is 4.98 Å². The fraction of sp³-hybridized carbons (Fsp3) is 0.154. The first-order chi connectivity index (χ1) is 16.1. The van der Waals surface area contributed by atoms with E-state index in [9.17, 15) is 4.79 Å². The maximum absolute atomic E-state index is 13.6. The number of allylic oxidation sites excluding steroid dienone is 1. The van der Waals surface area contributed by atoms with Crippen LogP contribution in [0.4, 0.5) is 0 Å². The minimum atomic E-state index is -0.263. The van der Waals surface area contributed by atoms with E-state index in [1.165, 1.54) is 0 Å². The van der Waals surface area contributed by atoms with Crippen molar-refractivity contribution in [2.45, 2.75) is 0 Å². The number of hydrogen-bond acceptors (Lipinski definition) is 7. The number of benzene rings is 3. The van der Waals surface area contributed by atoms with Crippen LogP contribution in [0.1, 0.15) is 21.8 Å². The van der Waals surface area contributed by atoms with Crippen molar-refractivity contribution in [3.63, 3.8) is 0 Å². The number of Topliss-reactive ketones (excluding diaryl/α,β-unsaturated/α-hetero) is 1. The second kappa shape index (κ2) is 9.48. The molecule has 0 unspecified atom stereocenters. The van der Waals surface area contributed by atoms with E-state index in [4.69, 9.17) is 23.4 Å². The summed E-state index contributed by atoms with van der Waals surface area (Å²) in [6.45, 7) is 0. The molecule has 0 spiro atoms. The lowest BCUT2D eigenvalue weighted by Gasteiger charge is -2.13. The molecule has 0 bridgehead atoms. The number of rotatable bonds is 8. The van der Waals surface area contributed by atoms with Gasteiger partial charge in [0.25, 0.3) is 0 Å². The molecule has 168 valence electrons. The summed E-state index contributed by atoms with van der Waals surface area (Å²) >= 11 is 0. The van der Waals surface area contributed by atoms with E-state index in [0.717, 1.165) is 0 Å². The number of methoxy groups -OCH3 is 4. The molecular weight excluding hydrogens is 422 g/mol. The number of ketones is 1. The highest BCUT2D eigenvalue weighted by molar-refractivity contribution is 6.31. The van der Waals surface area contributed by atoms with Gasteiger partial charge in [0.05, 0.1) is 34.0 Å². The predicted octanol–water partition coefficient (Wildman–Crippen LogP) is 5.29. The average molecular weight is 445 g/mol. The Balaban J connectivity index is 1.90. The molecule has 1 aromatic heterocycles. The largest absolute Gasteiger partial charge is 0.497 e. The van der Waals surface area contributed by atoms with Crippen molar-refractivity contribution in [3.05, 3.63) is 77.7 Å². The summed E-state index contributed by atoms with van der Waals surface area (Å²) in [5.41, 5.74) is 2.57. The van der Waals surface area contributed by atoms with Gasteiger partial charge in [-0.05, 0) is 48.5 Å². The van der Waals surface area contributed by atoms with Crippen LogP contribution in [0, 0.1) is 0 Å². The number of nitrogens with zero attached hydrogens (tertiary/aromatic N) is 1. The fourth-order valence-corrected chi connectivity index (χ4v) is 3.43. The van der Waals surface area contributed by atoms with Crippen LogP contribution in [-0.2, 0) is 0 Å². The van der Waals surface area contributed by atoms with Crippen LogP contribution in [0.3, 0.4) is 0 Å². The minimum absolute atomic E-state index is 0.203. The maximum Gasteiger partial charge on any atom is 0.231 e. The van der Waals surface area contributed by atoms with Gasteiger partial charge in [0, 0.05) is 17.2 Å². The zero-order valence-electron chi connectivity index (χ0n) is 18.7. The first kappa shape index (κ1) is 22.0. The number of fused-ring (bicyclic) bond motifs is 1. The normalized spacial score (nSPS) is 11.3. The van der Waals surface area contributed by atoms with Gasteiger partial charge in [-0.15, -0.1) is 0 Å². The molecule has 0 amide bonds. The predicted molar refractivity (Wildman–Crippen MR) is 125 cm³/mol. The number of ether oxygens (including phenoxy) is 4. The Bertz CT molecular complexity index is 1290. The van der Waals surface area contributed by atoms with E-state index >= 15 is 0 Å². The van der Waals surface area contributed by atoms with Gasteiger partial charge in [0.15, 0.2) is 22.9 Å². The van der Waals surface area contributed by atoms with Crippen LogP contribution in [0.25, 0.3) is 22.7 Å². The van der Waals surface area contributed by atoms with Gasteiger partial charge < -0.3 is 23.4 Å². The molecule has 0 saturated carbocycles. The van der Waals surface area contributed by atoms with Crippen molar-refractivity contribution < 1.29 is 28.2 Å². The Morgan fingerprint density at radius 1 is 0.818 bits per heavy atom. The number of oxazole rings is 1. The molecule has 7 nitrogen and oxygen atoms in total. The van der Waals surface area contributed by atoms with Gasteiger partial charge in [0.1, 0.15) is 17.0 Å². The molecule has 4 aromatic rings.